The number of halogens is 4. The maximum Gasteiger partial charge on any atom is 0.416 e. The molecule has 0 bridgehead atoms. The normalized spacial score (nSPS) is 24.0. The van der Waals surface area contributed by atoms with Gasteiger partial charge in [-0.2, -0.15) is 13.2 Å². The van der Waals surface area contributed by atoms with Crippen LogP contribution in [0.4, 0.5) is 13.2 Å². The monoisotopic (exact) mass is 617 g/mol. The molecule has 2 aromatic rings. The molecule has 3 atom stereocenters. The lowest BCUT2D eigenvalue weighted by molar-refractivity contribution is -0.137. The number of hydrogen-bond donors (Lipinski definition) is 1. The summed E-state index contributed by atoms with van der Waals surface area (Å²) in [5.41, 5.74) is 3.68. The number of aromatic nitrogens is 1. The topological polar surface area (TPSA) is 42.4 Å². The maximum atomic E-state index is 13.4. The Hall–Kier alpha value is -0.973. The molecule has 0 saturated heterocycles. The molecule has 8 heteroatoms. The first kappa shape index (κ1) is 27.1. The average molecular weight is 618 g/mol. The summed E-state index contributed by atoms with van der Waals surface area (Å²) in [5, 5.41) is 11.4. The molecule has 3 nitrogen and oxygen atoms in total. The predicted molar refractivity (Wildman–Crippen MR) is 143 cm³/mol. The Morgan fingerprint density at radius 3 is 2.31 bits per heavy atom. The Kier molecular flexibility index (Phi) is 6.60. The Balaban J connectivity index is 1.88. The zero-order valence-electron chi connectivity index (χ0n) is 21.7. The molecule has 0 saturated carbocycles. The molecule has 0 aliphatic heterocycles. The second kappa shape index (κ2) is 8.53. The van der Waals surface area contributed by atoms with Crippen molar-refractivity contribution in [2.45, 2.75) is 96.8 Å². The van der Waals surface area contributed by atoms with Gasteiger partial charge in [0.05, 0.1) is 11.3 Å². The lowest BCUT2D eigenvalue weighted by Crippen LogP contribution is -2.44. The number of alkyl halides is 3. The van der Waals surface area contributed by atoms with Gasteiger partial charge in [0.2, 0.25) is 0 Å². The van der Waals surface area contributed by atoms with Crippen LogP contribution in [0.1, 0.15) is 105 Å². The number of nitrogens with zero attached hydrogens (tertiary/aromatic N) is 1. The highest BCUT2D eigenvalue weighted by molar-refractivity contribution is 14.1. The number of aliphatic hydroxyl groups excluding tert-OH is 1. The molecular formula is C27H35F3INO2Si-. The third-order valence-electron chi connectivity index (χ3n) is 8.12. The summed E-state index contributed by atoms with van der Waals surface area (Å²) in [7, 11) is -2.09. The molecule has 1 N–H and O–H groups in total. The van der Waals surface area contributed by atoms with Gasteiger partial charge in [0.15, 0.2) is 0 Å². The Bertz CT molecular complexity index is 1170. The lowest BCUT2D eigenvalue weighted by Gasteiger charge is -2.53. The van der Waals surface area contributed by atoms with E-state index in [-0.39, 0.29) is 22.5 Å². The van der Waals surface area contributed by atoms with E-state index in [9.17, 15) is 18.3 Å². The van der Waals surface area contributed by atoms with Crippen LogP contribution in [-0.4, -0.2) is 18.4 Å². The molecule has 4 rings (SSSR count). The summed E-state index contributed by atoms with van der Waals surface area (Å²) >= 11 is 2.31. The molecule has 1 unspecified atom stereocenters. The average Bonchev–Trinajstić information content (AvgIpc) is 2.68. The third-order valence-corrected chi connectivity index (χ3v) is 13.8. The fourth-order valence-electron chi connectivity index (χ4n) is 5.14. The Labute approximate surface area is 221 Å². The van der Waals surface area contributed by atoms with Crippen LogP contribution in [0.5, 0.6) is 0 Å². The lowest BCUT2D eigenvalue weighted by atomic mass is 9.72. The minimum atomic E-state index is -4.43. The smallest absolute Gasteiger partial charge is 0.416 e. The van der Waals surface area contributed by atoms with Gasteiger partial charge < -0.3 is 9.53 Å². The van der Waals surface area contributed by atoms with Gasteiger partial charge in [0.25, 0.3) is 0 Å². The summed E-state index contributed by atoms with van der Waals surface area (Å²) in [6, 6.07) is 3.66. The van der Waals surface area contributed by atoms with Gasteiger partial charge in [-0.05, 0) is 72.4 Å². The van der Waals surface area contributed by atoms with Crippen molar-refractivity contribution in [2.24, 2.45) is 5.41 Å². The number of benzene rings is 1. The molecule has 0 fully saturated rings. The highest BCUT2D eigenvalue weighted by atomic mass is 127. The molecule has 0 radical (unpaired) electrons. The molecule has 0 spiro atoms. The third kappa shape index (κ3) is 4.73. The minimum absolute atomic E-state index is 0.0256. The minimum Gasteiger partial charge on any atom is -0.559 e. The number of aliphatic hydroxyl groups is 1. The van der Waals surface area contributed by atoms with E-state index in [1.165, 1.54) is 12.1 Å². The van der Waals surface area contributed by atoms with E-state index < -0.39 is 26.2 Å². The predicted octanol–water partition coefficient (Wildman–Crippen LogP) is 8.29. The van der Waals surface area contributed by atoms with Gasteiger partial charge in [0.1, 0.15) is 6.10 Å². The Morgan fingerprint density at radius 2 is 1.74 bits per heavy atom. The van der Waals surface area contributed by atoms with Crippen LogP contribution in [-0.2, 0) is 17.0 Å². The van der Waals surface area contributed by atoms with Gasteiger partial charge >= 0.3 is 6.18 Å². The van der Waals surface area contributed by atoms with Crippen molar-refractivity contribution in [3.8, 4) is 0 Å². The highest BCUT2D eigenvalue weighted by Crippen LogP contribution is 2.52. The van der Waals surface area contributed by atoms with Gasteiger partial charge in [-0.25, -0.2) is 0 Å². The van der Waals surface area contributed by atoms with Crippen LogP contribution in [0.2, 0.25) is 18.1 Å². The van der Waals surface area contributed by atoms with E-state index in [0.717, 1.165) is 33.7 Å². The van der Waals surface area contributed by atoms with E-state index in [4.69, 9.17) is 9.41 Å². The second-order valence-electron chi connectivity index (χ2n) is 12.5. The van der Waals surface area contributed by atoms with Gasteiger partial charge in [-0.15, -0.1) is 18.1 Å². The van der Waals surface area contributed by atoms with Crippen molar-refractivity contribution in [2.75, 3.05) is 0 Å². The fraction of sp³-hybridized carbons (Fsp3) is 0.593. The summed E-state index contributed by atoms with van der Waals surface area (Å²) < 4.78 is 48.2. The van der Waals surface area contributed by atoms with Crippen molar-refractivity contribution >= 4 is 30.9 Å². The van der Waals surface area contributed by atoms with Gasteiger partial charge in [0, 0.05) is 32.4 Å². The van der Waals surface area contributed by atoms with Crippen molar-refractivity contribution in [1.29, 1.82) is 0 Å². The van der Waals surface area contributed by atoms with Crippen LogP contribution >= 0.6 is 22.6 Å². The van der Waals surface area contributed by atoms with Crippen LogP contribution in [0.25, 0.3) is 0 Å². The molecule has 193 valence electrons. The van der Waals surface area contributed by atoms with Crippen molar-refractivity contribution in [3.05, 3.63) is 61.0 Å². The zero-order valence-corrected chi connectivity index (χ0v) is 24.9. The molecule has 0 amide bonds. The number of rotatable bonds is 2. The molecule has 2 aliphatic rings. The van der Waals surface area contributed by atoms with E-state index >= 15 is 0 Å². The maximum absolute atomic E-state index is 13.4. The number of hydrogen-bond acceptors (Lipinski definition) is 3. The molecule has 35 heavy (non-hydrogen) atoms. The van der Waals surface area contributed by atoms with E-state index in [1.54, 1.807) is 0 Å². The second-order valence-corrected chi connectivity index (χ2v) is 18.3. The van der Waals surface area contributed by atoms with Crippen molar-refractivity contribution in [1.82, 2.24) is 4.98 Å². The van der Waals surface area contributed by atoms with Crippen LogP contribution in [0.3, 0.4) is 0 Å². The van der Waals surface area contributed by atoms with Crippen molar-refractivity contribution < 1.29 is 22.7 Å². The first-order valence-corrected chi connectivity index (χ1v) is 16.1. The molecule has 1 heterocycles. The highest BCUT2D eigenvalue weighted by Gasteiger charge is 2.42. The zero-order chi connectivity index (χ0) is 26.3. The quantitative estimate of drug-likeness (QED) is 0.273. The Morgan fingerprint density at radius 1 is 1.11 bits per heavy atom. The van der Waals surface area contributed by atoms with E-state index in [0.29, 0.717) is 22.4 Å². The fourth-order valence-corrected chi connectivity index (χ4v) is 7.64. The van der Waals surface area contributed by atoms with E-state index in [2.05, 4.69) is 70.3 Å². The largest absolute Gasteiger partial charge is 0.559 e. The number of fused-ring (bicyclic) bond motifs is 3. The first-order valence-electron chi connectivity index (χ1n) is 12.1. The van der Waals surface area contributed by atoms with Crippen molar-refractivity contribution in [3.63, 3.8) is 0 Å². The first-order chi connectivity index (χ1) is 15.8. The summed E-state index contributed by atoms with van der Waals surface area (Å²) in [4.78, 5) is 5.06. The standard InChI is InChI=1S/C27H35F3INO2Si/c1-14-17-11-15(27(28,29)30)9-10-16(17)24(33)21-22(31)20-18(32-23(14)21)12-26(5,6)13-19(20)34-35(7,8)25(2,3)4/h9-11,14,19,24,33H,12-13H2,1-8H3/q-1/t14?,19-,24+/m0/s1. The van der Waals surface area contributed by atoms with Crippen LogP contribution in [0, 0.1) is 8.99 Å². The summed E-state index contributed by atoms with van der Waals surface area (Å²) in [5.74, 6) is -0.352. The van der Waals surface area contributed by atoms with E-state index in [1.807, 2.05) is 6.92 Å². The molecule has 2 aliphatic carbocycles. The summed E-state index contributed by atoms with van der Waals surface area (Å²) in [6.45, 7) is 17.5. The molecular weight excluding hydrogens is 582 g/mol. The van der Waals surface area contributed by atoms with Crippen LogP contribution < -0.4 is 0 Å². The number of pyridine rings is 1. The molecule has 1 aromatic carbocycles. The summed E-state index contributed by atoms with van der Waals surface area (Å²) in [6.07, 6.45) is -3.96. The SMILES string of the molecule is CC1c2cc(C(F)(F)F)ccc2[C@@H](O)c2c1nc1c(c2I)[C@@H](O[Si-](C)(C)C(C)(C)C)CC(C)(C)C1. The van der Waals surface area contributed by atoms with Gasteiger partial charge in [-0.3, -0.25) is 4.98 Å². The molecule has 1 aromatic heterocycles. The van der Waals surface area contributed by atoms with Crippen LogP contribution in [0.15, 0.2) is 18.2 Å². The van der Waals surface area contributed by atoms with Gasteiger partial charge in [-0.1, -0.05) is 47.6 Å².